The fourth-order valence-corrected chi connectivity index (χ4v) is 3.76. The molecule has 2 N–H and O–H groups in total. The molecule has 0 bridgehead atoms. The molecular formula is C23H24FN3O2. The summed E-state index contributed by atoms with van der Waals surface area (Å²) in [6.45, 7) is 4.94. The molecule has 1 saturated heterocycles. The summed E-state index contributed by atoms with van der Waals surface area (Å²) in [6.07, 6.45) is 0.204. The number of aromatic nitrogens is 1. The number of hydrogen-bond acceptors (Lipinski definition) is 2. The van der Waals surface area contributed by atoms with E-state index >= 15 is 0 Å². The Balaban J connectivity index is 1.38. The monoisotopic (exact) mass is 393 g/mol. The van der Waals surface area contributed by atoms with Gasteiger partial charge in [0.2, 0.25) is 11.8 Å². The predicted octanol–water partition coefficient (Wildman–Crippen LogP) is 4.10. The van der Waals surface area contributed by atoms with Crippen LogP contribution < -0.4 is 10.2 Å². The van der Waals surface area contributed by atoms with Crippen molar-refractivity contribution in [2.24, 2.45) is 5.92 Å². The lowest BCUT2D eigenvalue weighted by Crippen LogP contribution is -2.32. The van der Waals surface area contributed by atoms with E-state index < -0.39 is 0 Å². The number of nitrogens with one attached hydrogen (secondary N) is 2. The maximum atomic E-state index is 13.3. The Labute approximate surface area is 168 Å². The van der Waals surface area contributed by atoms with E-state index in [0.717, 1.165) is 22.3 Å². The first-order valence-corrected chi connectivity index (χ1v) is 9.86. The molecule has 1 atom stereocenters. The number of fused-ring (bicyclic) bond motifs is 1. The molecule has 3 aromatic rings. The highest BCUT2D eigenvalue weighted by molar-refractivity contribution is 6.00. The number of nitrogens with zero attached hydrogens (tertiary/aromatic N) is 1. The number of rotatable bonds is 5. The van der Waals surface area contributed by atoms with Crippen LogP contribution in [0.15, 0.2) is 48.5 Å². The Morgan fingerprint density at radius 3 is 2.69 bits per heavy atom. The zero-order valence-corrected chi connectivity index (χ0v) is 16.5. The van der Waals surface area contributed by atoms with Crippen LogP contribution in [0.1, 0.15) is 37.4 Å². The Kier molecular flexibility index (Phi) is 5.09. The van der Waals surface area contributed by atoms with Crippen LogP contribution in [0.25, 0.3) is 10.9 Å². The molecular weight excluding hydrogens is 369 g/mol. The summed E-state index contributed by atoms with van der Waals surface area (Å²) in [4.78, 5) is 29.9. The van der Waals surface area contributed by atoms with Gasteiger partial charge in [0.05, 0.1) is 12.5 Å². The minimum Gasteiger partial charge on any atom is -0.357 e. The molecule has 6 heteroatoms. The van der Waals surface area contributed by atoms with Crippen molar-refractivity contribution in [3.05, 3.63) is 65.6 Å². The quantitative estimate of drug-likeness (QED) is 0.685. The first-order valence-electron chi connectivity index (χ1n) is 9.86. The molecule has 1 aliphatic heterocycles. The van der Waals surface area contributed by atoms with Crippen LogP contribution in [0.5, 0.6) is 0 Å². The molecule has 1 unspecified atom stereocenters. The van der Waals surface area contributed by atoms with Gasteiger partial charge in [-0.25, -0.2) is 4.39 Å². The third-order valence-corrected chi connectivity index (χ3v) is 5.46. The SMILES string of the molecule is CC(C)c1ccc(N2CC(C(=O)NCc3cc4cc(F)ccc4[nH]3)CC2=O)cc1. The summed E-state index contributed by atoms with van der Waals surface area (Å²) in [5, 5.41) is 3.66. The van der Waals surface area contributed by atoms with E-state index in [1.807, 2.05) is 30.3 Å². The summed E-state index contributed by atoms with van der Waals surface area (Å²) in [7, 11) is 0. The molecule has 0 aliphatic carbocycles. The first kappa shape index (κ1) is 19.2. The molecule has 0 saturated carbocycles. The van der Waals surface area contributed by atoms with Gasteiger partial charge in [0.15, 0.2) is 0 Å². The second-order valence-corrected chi connectivity index (χ2v) is 7.90. The molecule has 1 fully saturated rings. The number of anilines is 1. The van der Waals surface area contributed by atoms with Crippen molar-refractivity contribution in [3.8, 4) is 0 Å². The molecule has 29 heavy (non-hydrogen) atoms. The smallest absolute Gasteiger partial charge is 0.227 e. The third kappa shape index (κ3) is 4.01. The van der Waals surface area contributed by atoms with E-state index in [-0.39, 0.29) is 30.0 Å². The van der Waals surface area contributed by atoms with Crippen molar-refractivity contribution < 1.29 is 14.0 Å². The molecule has 2 amide bonds. The van der Waals surface area contributed by atoms with E-state index in [9.17, 15) is 14.0 Å². The Morgan fingerprint density at radius 2 is 1.97 bits per heavy atom. The highest BCUT2D eigenvalue weighted by Crippen LogP contribution is 2.27. The van der Waals surface area contributed by atoms with Crippen LogP contribution in [-0.4, -0.2) is 23.3 Å². The van der Waals surface area contributed by atoms with Crippen molar-refractivity contribution in [2.45, 2.75) is 32.7 Å². The molecule has 1 aromatic heterocycles. The van der Waals surface area contributed by atoms with Gasteiger partial charge < -0.3 is 15.2 Å². The normalized spacial score (nSPS) is 16.8. The Morgan fingerprint density at radius 1 is 1.21 bits per heavy atom. The van der Waals surface area contributed by atoms with Crippen molar-refractivity contribution in [1.29, 1.82) is 0 Å². The molecule has 5 nitrogen and oxygen atoms in total. The number of amides is 2. The fourth-order valence-electron chi connectivity index (χ4n) is 3.76. The highest BCUT2D eigenvalue weighted by atomic mass is 19.1. The molecule has 0 radical (unpaired) electrons. The molecule has 1 aliphatic rings. The summed E-state index contributed by atoms with van der Waals surface area (Å²) in [5.74, 6) is -0.432. The summed E-state index contributed by atoms with van der Waals surface area (Å²) >= 11 is 0. The largest absolute Gasteiger partial charge is 0.357 e. The first-order chi connectivity index (χ1) is 13.9. The number of carbonyl (C=O) groups is 2. The second kappa shape index (κ2) is 7.70. The van der Waals surface area contributed by atoms with Crippen LogP contribution in [0, 0.1) is 11.7 Å². The number of H-pyrrole nitrogens is 1. The summed E-state index contributed by atoms with van der Waals surface area (Å²) < 4.78 is 13.3. The van der Waals surface area contributed by atoms with Gasteiger partial charge in [0.1, 0.15) is 5.82 Å². The number of carbonyl (C=O) groups excluding carboxylic acids is 2. The van der Waals surface area contributed by atoms with Crippen LogP contribution in [0.3, 0.4) is 0 Å². The van der Waals surface area contributed by atoms with Crippen LogP contribution >= 0.6 is 0 Å². The van der Waals surface area contributed by atoms with Crippen LogP contribution in [0.4, 0.5) is 10.1 Å². The molecule has 4 rings (SSSR count). The standard InChI is InChI=1S/C23H24FN3O2/c1-14(2)15-3-6-20(7-4-15)27-13-17(11-22(27)28)23(29)25-12-19-10-16-9-18(24)5-8-21(16)26-19/h3-10,14,17,26H,11-13H2,1-2H3,(H,25,29). The van der Waals surface area contributed by atoms with Gasteiger partial charge in [-0.05, 0) is 47.9 Å². The maximum Gasteiger partial charge on any atom is 0.227 e. The van der Waals surface area contributed by atoms with Gasteiger partial charge in [-0.1, -0.05) is 26.0 Å². The number of benzene rings is 2. The lowest BCUT2D eigenvalue weighted by Gasteiger charge is -2.17. The van der Waals surface area contributed by atoms with Gasteiger partial charge in [0, 0.05) is 35.2 Å². The van der Waals surface area contributed by atoms with E-state index in [2.05, 4.69) is 24.1 Å². The van der Waals surface area contributed by atoms with Gasteiger partial charge in [-0.2, -0.15) is 0 Å². The number of aromatic amines is 1. The summed E-state index contributed by atoms with van der Waals surface area (Å²) in [6, 6.07) is 14.3. The average Bonchev–Trinajstić information content (AvgIpc) is 3.29. The zero-order chi connectivity index (χ0) is 20.5. The predicted molar refractivity (Wildman–Crippen MR) is 111 cm³/mol. The molecule has 2 heterocycles. The van der Waals surface area contributed by atoms with Crippen molar-refractivity contribution in [3.63, 3.8) is 0 Å². The molecule has 0 spiro atoms. The lowest BCUT2D eigenvalue weighted by molar-refractivity contribution is -0.126. The van der Waals surface area contributed by atoms with Crippen molar-refractivity contribution >= 4 is 28.4 Å². The van der Waals surface area contributed by atoms with Crippen molar-refractivity contribution in [1.82, 2.24) is 10.3 Å². The van der Waals surface area contributed by atoms with Crippen LogP contribution in [0.2, 0.25) is 0 Å². The minimum absolute atomic E-state index is 0.0384. The van der Waals surface area contributed by atoms with Gasteiger partial charge in [-0.15, -0.1) is 0 Å². The second-order valence-electron chi connectivity index (χ2n) is 7.90. The third-order valence-electron chi connectivity index (χ3n) is 5.46. The van der Waals surface area contributed by atoms with E-state index in [0.29, 0.717) is 19.0 Å². The van der Waals surface area contributed by atoms with E-state index in [1.165, 1.54) is 17.7 Å². The van der Waals surface area contributed by atoms with Gasteiger partial charge in [-0.3, -0.25) is 9.59 Å². The Hall–Kier alpha value is -3.15. The lowest BCUT2D eigenvalue weighted by atomic mass is 10.0. The highest BCUT2D eigenvalue weighted by Gasteiger charge is 2.35. The molecule has 2 aromatic carbocycles. The van der Waals surface area contributed by atoms with Crippen molar-refractivity contribution in [2.75, 3.05) is 11.4 Å². The molecule has 150 valence electrons. The number of hydrogen-bond donors (Lipinski definition) is 2. The summed E-state index contributed by atoms with van der Waals surface area (Å²) in [5.41, 5.74) is 3.66. The topological polar surface area (TPSA) is 65.2 Å². The zero-order valence-electron chi connectivity index (χ0n) is 16.5. The van der Waals surface area contributed by atoms with E-state index in [4.69, 9.17) is 0 Å². The average molecular weight is 393 g/mol. The van der Waals surface area contributed by atoms with Gasteiger partial charge >= 0.3 is 0 Å². The van der Waals surface area contributed by atoms with Gasteiger partial charge in [0.25, 0.3) is 0 Å². The number of halogens is 1. The van der Waals surface area contributed by atoms with E-state index in [1.54, 1.807) is 11.0 Å². The fraction of sp³-hybridized carbons (Fsp3) is 0.304. The Bertz CT molecular complexity index is 1060. The van der Waals surface area contributed by atoms with Crippen LogP contribution in [-0.2, 0) is 16.1 Å². The minimum atomic E-state index is -0.380. The maximum absolute atomic E-state index is 13.3.